The number of hydrogen-bond acceptors (Lipinski definition) is 12. The molecule has 10 atom stereocenters. The number of aliphatic hydroxyl groups is 2. The lowest BCUT2D eigenvalue weighted by molar-refractivity contribution is -0.144. The van der Waals surface area contributed by atoms with E-state index in [4.69, 9.17) is 0 Å². The van der Waals surface area contributed by atoms with Crippen LogP contribution in [0.2, 0.25) is 0 Å². The first-order valence-corrected chi connectivity index (χ1v) is 25.1. The highest BCUT2D eigenvalue weighted by atomic mass is 16.3. The highest BCUT2D eigenvalue weighted by molar-refractivity contribution is 6.01. The number of hydrogen-bond donors (Lipinski definition) is 10. The second-order valence-electron chi connectivity index (χ2n) is 21.4. The van der Waals surface area contributed by atoms with Gasteiger partial charge in [-0.1, -0.05) is 108 Å². The number of carbonyl (C=O) groups is 8. The molecule has 0 spiro atoms. The maximum absolute atomic E-state index is 14.6. The van der Waals surface area contributed by atoms with Gasteiger partial charge in [0, 0.05) is 36.3 Å². The van der Waals surface area contributed by atoms with E-state index >= 15 is 0 Å². The van der Waals surface area contributed by atoms with Crippen LogP contribution in [-0.4, -0.2) is 156 Å². The van der Waals surface area contributed by atoms with Crippen molar-refractivity contribution in [1.29, 1.82) is 0 Å². The SMILES string of the molecule is CN[C@@H](CO)C(=O)N[C@H](C(=O)N1C[C@@H](NC(=O)c2cccc(C(=O)N[C@H]3C[C@@H](C(=O)N[C@H](C)c4ccccc4)N(C(=O)[C@@H](NC(=O)[C@H](CO)NC)C(C)(C)C)C3)c2)C[C@H]1C(=O)N[C@H](C)c1ccccc1)C(C)(C)C. The summed E-state index contributed by atoms with van der Waals surface area (Å²) in [5.74, 6) is -4.43. The predicted octanol–water partition coefficient (Wildman–Crippen LogP) is 1.06. The molecule has 2 heterocycles. The van der Waals surface area contributed by atoms with Crippen molar-refractivity contribution >= 4 is 47.3 Å². The molecule has 3 aromatic rings. The van der Waals surface area contributed by atoms with Gasteiger partial charge < -0.3 is 62.5 Å². The average Bonchev–Trinajstić information content (AvgIpc) is 4.00. The number of likely N-dealkylation sites (N-methyl/N-ethyl adjacent to an activating group) is 2. The highest BCUT2D eigenvalue weighted by Crippen LogP contribution is 2.29. The molecule has 20 nitrogen and oxygen atoms in total. The lowest BCUT2D eigenvalue weighted by atomic mass is 9.85. The van der Waals surface area contributed by atoms with Gasteiger partial charge in [-0.15, -0.1) is 0 Å². The van der Waals surface area contributed by atoms with Crippen molar-refractivity contribution in [2.45, 2.75) is 129 Å². The zero-order chi connectivity index (χ0) is 54.7. The van der Waals surface area contributed by atoms with Crippen LogP contribution in [0.1, 0.15) is 112 Å². The standard InChI is InChI=1S/C54H76N10O10/c1-31(33-18-13-11-14-19-33)57-49(71)41-25-37(27-63(41)51(73)43(53(3,4)5)61-47(69)39(29-65)55-9)59-45(67)35-22-17-23-36(24-35)46(68)60-38-26-42(50(72)58-32(2)34-20-15-12-16-21-34)64(28-38)52(74)44(54(6,7)8)62-48(70)40(30-66)56-10/h11-24,31-32,37-44,55-56,65-66H,25-30H2,1-10H3,(H,57,71)(H,58,72)(H,59,67)(H,60,68)(H,61,69)(H,62,70)/t31-,32-,37+,38+,39+,40+,41+,42+,43-,44-/m1/s1. The summed E-state index contributed by atoms with van der Waals surface area (Å²) < 4.78 is 0. The Morgan fingerprint density at radius 2 is 0.892 bits per heavy atom. The first kappa shape index (κ1) is 58.2. The average molecular weight is 1030 g/mol. The molecule has 2 fully saturated rings. The van der Waals surface area contributed by atoms with Crippen LogP contribution < -0.4 is 42.5 Å². The molecule has 2 aliphatic rings. The van der Waals surface area contributed by atoms with Crippen molar-refractivity contribution in [2.75, 3.05) is 40.4 Å². The molecule has 0 radical (unpaired) electrons. The lowest BCUT2D eigenvalue weighted by Crippen LogP contribution is -2.60. The molecule has 3 aromatic carbocycles. The van der Waals surface area contributed by atoms with E-state index in [1.54, 1.807) is 41.5 Å². The molecule has 10 N–H and O–H groups in total. The summed E-state index contributed by atoms with van der Waals surface area (Å²) >= 11 is 0. The van der Waals surface area contributed by atoms with Crippen molar-refractivity contribution in [1.82, 2.24) is 52.3 Å². The molecule has 8 amide bonds. The van der Waals surface area contributed by atoms with Crippen molar-refractivity contribution in [3.05, 3.63) is 107 Å². The van der Waals surface area contributed by atoms with Crippen LogP contribution in [0.3, 0.4) is 0 Å². The number of amides is 8. The van der Waals surface area contributed by atoms with Gasteiger partial charge in [-0.25, -0.2) is 0 Å². The maximum Gasteiger partial charge on any atom is 0.251 e. The number of nitrogens with zero attached hydrogens (tertiary/aromatic N) is 2. The molecule has 74 heavy (non-hydrogen) atoms. The minimum atomic E-state index is -1.12. The van der Waals surface area contributed by atoms with E-state index < -0.39 is 132 Å². The molecular formula is C54H76N10O10. The van der Waals surface area contributed by atoms with Crippen LogP contribution in [0, 0.1) is 10.8 Å². The summed E-state index contributed by atoms with van der Waals surface area (Å²) in [6.07, 6.45) is 0.0528. The first-order chi connectivity index (χ1) is 34.9. The Hall–Kier alpha value is -6.74. The fourth-order valence-corrected chi connectivity index (χ4v) is 9.20. The Morgan fingerprint density at radius 3 is 1.20 bits per heavy atom. The highest BCUT2D eigenvalue weighted by Gasteiger charge is 2.48. The van der Waals surface area contributed by atoms with Gasteiger partial charge in [-0.3, -0.25) is 38.4 Å². The van der Waals surface area contributed by atoms with Gasteiger partial charge in [0.2, 0.25) is 35.4 Å². The molecule has 5 rings (SSSR count). The van der Waals surface area contributed by atoms with E-state index in [0.29, 0.717) is 0 Å². The zero-order valence-corrected chi connectivity index (χ0v) is 44.2. The topological polar surface area (TPSA) is 280 Å². The monoisotopic (exact) mass is 1020 g/mol. The van der Waals surface area contributed by atoms with Gasteiger partial charge in [-0.2, -0.15) is 0 Å². The predicted molar refractivity (Wildman–Crippen MR) is 278 cm³/mol. The second kappa shape index (κ2) is 25.5. The van der Waals surface area contributed by atoms with E-state index in [2.05, 4.69) is 42.5 Å². The van der Waals surface area contributed by atoms with Crippen LogP contribution in [0.15, 0.2) is 84.9 Å². The van der Waals surface area contributed by atoms with Gasteiger partial charge in [-0.05, 0) is 80.9 Å². The van der Waals surface area contributed by atoms with Crippen molar-refractivity contribution in [3.63, 3.8) is 0 Å². The van der Waals surface area contributed by atoms with Crippen LogP contribution >= 0.6 is 0 Å². The van der Waals surface area contributed by atoms with Crippen LogP contribution in [0.4, 0.5) is 0 Å². The molecule has 20 heteroatoms. The summed E-state index contributed by atoms with van der Waals surface area (Å²) in [6, 6.07) is 15.8. The Bertz CT molecular complexity index is 2290. The summed E-state index contributed by atoms with van der Waals surface area (Å²) in [4.78, 5) is 115. The number of carbonyl (C=O) groups excluding carboxylic acids is 8. The van der Waals surface area contributed by atoms with E-state index in [0.717, 1.165) is 11.1 Å². The van der Waals surface area contributed by atoms with Gasteiger partial charge in [0.25, 0.3) is 11.8 Å². The third-order valence-corrected chi connectivity index (χ3v) is 13.6. The fourth-order valence-electron chi connectivity index (χ4n) is 9.20. The van der Waals surface area contributed by atoms with Gasteiger partial charge >= 0.3 is 0 Å². The quantitative estimate of drug-likeness (QED) is 0.0762. The van der Waals surface area contributed by atoms with E-state index in [-0.39, 0.29) is 37.1 Å². The summed E-state index contributed by atoms with van der Waals surface area (Å²) in [6.45, 7) is 13.0. The smallest absolute Gasteiger partial charge is 0.251 e. The second-order valence-corrected chi connectivity index (χ2v) is 21.4. The number of nitrogens with one attached hydrogen (secondary N) is 8. The first-order valence-electron chi connectivity index (χ1n) is 25.1. The molecule has 2 aliphatic heterocycles. The molecule has 402 valence electrons. The number of likely N-dealkylation sites (tertiary alicyclic amines) is 2. The fraction of sp³-hybridized carbons (Fsp3) is 0.519. The Balaban J connectivity index is 1.36. The Kier molecular flexibility index (Phi) is 20.0. The summed E-state index contributed by atoms with van der Waals surface area (Å²) in [7, 11) is 3.01. The van der Waals surface area contributed by atoms with Crippen LogP contribution in [-0.2, 0) is 28.8 Å². The molecular weight excluding hydrogens is 949 g/mol. The van der Waals surface area contributed by atoms with E-state index in [1.807, 2.05) is 74.5 Å². The normalized spacial score (nSPS) is 20.2. The minimum Gasteiger partial charge on any atom is -0.394 e. The Morgan fingerprint density at radius 1 is 0.541 bits per heavy atom. The van der Waals surface area contributed by atoms with Crippen molar-refractivity contribution < 1.29 is 48.6 Å². The number of benzene rings is 3. The molecule has 0 unspecified atom stereocenters. The van der Waals surface area contributed by atoms with Gasteiger partial charge in [0.1, 0.15) is 36.3 Å². The van der Waals surface area contributed by atoms with Crippen LogP contribution in [0.25, 0.3) is 0 Å². The zero-order valence-electron chi connectivity index (χ0n) is 44.2. The maximum atomic E-state index is 14.6. The van der Waals surface area contributed by atoms with Crippen molar-refractivity contribution in [2.24, 2.45) is 10.8 Å². The van der Waals surface area contributed by atoms with Gasteiger partial charge in [0.15, 0.2) is 0 Å². The Labute approximate surface area is 433 Å². The molecule has 2 saturated heterocycles. The summed E-state index contributed by atoms with van der Waals surface area (Å²) in [5.41, 5.74) is 0.191. The van der Waals surface area contributed by atoms with Gasteiger partial charge in [0.05, 0.1) is 25.3 Å². The molecule has 0 bridgehead atoms. The minimum absolute atomic E-state index is 0.0264. The summed E-state index contributed by atoms with van der Waals surface area (Å²) in [5, 5.41) is 42.5. The number of aliphatic hydroxyl groups excluding tert-OH is 2. The molecule has 0 saturated carbocycles. The lowest BCUT2D eigenvalue weighted by Gasteiger charge is -2.36. The largest absolute Gasteiger partial charge is 0.394 e. The third kappa shape index (κ3) is 14.7. The molecule has 0 aromatic heterocycles. The third-order valence-electron chi connectivity index (χ3n) is 13.6. The van der Waals surface area contributed by atoms with Crippen molar-refractivity contribution in [3.8, 4) is 0 Å². The number of rotatable bonds is 20. The molecule has 0 aliphatic carbocycles. The van der Waals surface area contributed by atoms with E-state index in [1.165, 1.54) is 48.2 Å². The van der Waals surface area contributed by atoms with Crippen LogP contribution in [0.5, 0.6) is 0 Å². The van der Waals surface area contributed by atoms with E-state index in [9.17, 15) is 48.6 Å².